The van der Waals surface area contributed by atoms with Gasteiger partial charge in [-0.15, -0.1) is 6.58 Å². The van der Waals surface area contributed by atoms with Crippen LogP contribution in [0, 0.1) is 0 Å². The quantitative estimate of drug-likeness (QED) is 0.325. The zero-order chi connectivity index (χ0) is 28.9. The molecule has 40 heavy (non-hydrogen) atoms. The number of ether oxygens (including phenoxy) is 1. The van der Waals surface area contributed by atoms with Crippen LogP contribution in [0.3, 0.4) is 0 Å². The molecule has 11 heteroatoms. The summed E-state index contributed by atoms with van der Waals surface area (Å²) in [5.74, 6) is -1.02. The summed E-state index contributed by atoms with van der Waals surface area (Å²) in [4.78, 5) is 43.2. The Morgan fingerprint density at radius 1 is 1.18 bits per heavy atom. The molecule has 2 atom stereocenters. The van der Waals surface area contributed by atoms with Crippen molar-refractivity contribution in [1.82, 2.24) is 20.4 Å². The molecule has 0 radical (unpaired) electrons. The van der Waals surface area contributed by atoms with Crippen molar-refractivity contribution in [3.8, 4) is 0 Å². The van der Waals surface area contributed by atoms with Crippen LogP contribution in [0.1, 0.15) is 29.2 Å². The molecular formula is C29H31F3N4O4. The van der Waals surface area contributed by atoms with Gasteiger partial charge in [-0.2, -0.15) is 13.2 Å². The summed E-state index contributed by atoms with van der Waals surface area (Å²) in [6, 6.07) is 11.0. The minimum absolute atomic E-state index is 0.00314. The van der Waals surface area contributed by atoms with Crippen molar-refractivity contribution in [3.63, 3.8) is 0 Å². The SMILES string of the molecule is C=CCN1C(=O)NC(c2ccccc2C(F)(F)F)C2=C1CN(C(Cc1ccccc1)C(=O)NCCCOC)C2=O. The molecule has 2 aromatic rings. The number of amides is 4. The smallest absolute Gasteiger partial charge is 0.385 e. The number of halogens is 3. The Balaban J connectivity index is 1.74. The number of urea groups is 1. The van der Waals surface area contributed by atoms with Gasteiger partial charge in [0, 0.05) is 33.2 Å². The van der Waals surface area contributed by atoms with Crippen LogP contribution in [-0.4, -0.2) is 67.0 Å². The van der Waals surface area contributed by atoms with Crippen molar-refractivity contribution in [2.45, 2.75) is 31.1 Å². The van der Waals surface area contributed by atoms with Gasteiger partial charge in [0.25, 0.3) is 5.91 Å². The lowest BCUT2D eigenvalue weighted by Gasteiger charge is -2.33. The van der Waals surface area contributed by atoms with E-state index in [-0.39, 0.29) is 36.3 Å². The van der Waals surface area contributed by atoms with Crippen LogP contribution in [0.4, 0.5) is 18.0 Å². The van der Waals surface area contributed by atoms with Crippen molar-refractivity contribution < 1.29 is 32.3 Å². The van der Waals surface area contributed by atoms with E-state index in [2.05, 4.69) is 17.2 Å². The summed E-state index contributed by atoms with van der Waals surface area (Å²) in [6.45, 7) is 4.33. The minimum atomic E-state index is -4.71. The van der Waals surface area contributed by atoms with E-state index in [1.807, 2.05) is 30.3 Å². The molecule has 0 fully saturated rings. The summed E-state index contributed by atoms with van der Waals surface area (Å²) in [7, 11) is 1.55. The largest absolute Gasteiger partial charge is 0.416 e. The van der Waals surface area contributed by atoms with E-state index in [4.69, 9.17) is 4.74 Å². The van der Waals surface area contributed by atoms with E-state index in [0.29, 0.717) is 19.6 Å². The molecule has 0 aromatic heterocycles. The lowest BCUT2D eigenvalue weighted by Crippen LogP contribution is -2.50. The monoisotopic (exact) mass is 556 g/mol. The summed E-state index contributed by atoms with van der Waals surface area (Å²) >= 11 is 0. The molecule has 2 aliphatic rings. The molecule has 0 saturated carbocycles. The zero-order valence-corrected chi connectivity index (χ0v) is 22.0. The molecule has 212 valence electrons. The number of hydrogen-bond acceptors (Lipinski definition) is 4. The predicted octanol–water partition coefficient (Wildman–Crippen LogP) is 3.82. The molecule has 2 aliphatic heterocycles. The Labute approximate surface area is 230 Å². The number of nitrogens with zero attached hydrogens (tertiary/aromatic N) is 2. The fourth-order valence-electron chi connectivity index (χ4n) is 5.06. The Hall–Kier alpha value is -4.12. The number of rotatable bonds is 11. The molecule has 0 bridgehead atoms. The molecule has 0 saturated heterocycles. The van der Waals surface area contributed by atoms with E-state index < -0.39 is 41.7 Å². The lowest BCUT2D eigenvalue weighted by atomic mass is 9.91. The van der Waals surface area contributed by atoms with Crippen molar-refractivity contribution in [3.05, 3.63) is 95.2 Å². The molecular weight excluding hydrogens is 525 g/mol. The van der Waals surface area contributed by atoms with E-state index in [9.17, 15) is 27.6 Å². The van der Waals surface area contributed by atoms with Gasteiger partial charge < -0.3 is 20.3 Å². The number of carbonyl (C=O) groups excluding carboxylic acids is 3. The Morgan fingerprint density at radius 2 is 1.88 bits per heavy atom. The van der Waals surface area contributed by atoms with Crippen LogP contribution in [0.2, 0.25) is 0 Å². The van der Waals surface area contributed by atoms with Crippen molar-refractivity contribution in [1.29, 1.82) is 0 Å². The maximum Gasteiger partial charge on any atom is 0.416 e. The van der Waals surface area contributed by atoms with Crippen LogP contribution in [0.25, 0.3) is 0 Å². The third-order valence-corrected chi connectivity index (χ3v) is 6.91. The van der Waals surface area contributed by atoms with Crippen molar-refractivity contribution in [2.24, 2.45) is 0 Å². The van der Waals surface area contributed by atoms with E-state index in [0.717, 1.165) is 11.6 Å². The molecule has 2 N–H and O–H groups in total. The first-order valence-corrected chi connectivity index (χ1v) is 12.9. The third-order valence-electron chi connectivity index (χ3n) is 6.91. The second-order valence-electron chi connectivity index (χ2n) is 9.50. The third kappa shape index (κ3) is 6.04. The molecule has 4 rings (SSSR count). The first-order chi connectivity index (χ1) is 19.2. The van der Waals surface area contributed by atoms with Gasteiger partial charge >= 0.3 is 12.2 Å². The summed E-state index contributed by atoms with van der Waals surface area (Å²) in [5, 5.41) is 5.43. The average Bonchev–Trinajstić information content (AvgIpc) is 3.27. The standard InChI is InChI=1S/C29H31F3N4O4/c1-3-15-35-23-18-36(22(17-19-10-5-4-6-11-19)26(37)33-14-9-16-40-2)27(38)24(23)25(34-28(35)39)20-12-7-8-13-21(20)29(30,31)32/h3-8,10-13,22,25H,1,9,14-18H2,2H3,(H,33,37)(H,34,39). The van der Waals surface area contributed by atoms with Gasteiger partial charge in [-0.1, -0.05) is 54.6 Å². The molecule has 2 aromatic carbocycles. The van der Waals surface area contributed by atoms with Gasteiger partial charge in [0.05, 0.1) is 29.4 Å². The van der Waals surface area contributed by atoms with E-state index >= 15 is 0 Å². The van der Waals surface area contributed by atoms with Crippen LogP contribution < -0.4 is 10.6 Å². The maximum atomic E-state index is 14.0. The lowest BCUT2D eigenvalue weighted by molar-refractivity contribution is -0.138. The van der Waals surface area contributed by atoms with Gasteiger partial charge in [-0.25, -0.2) is 4.79 Å². The number of hydrogen-bond donors (Lipinski definition) is 2. The van der Waals surface area contributed by atoms with Crippen molar-refractivity contribution >= 4 is 17.8 Å². The van der Waals surface area contributed by atoms with Gasteiger partial charge in [-0.3, -0.25) is 14.5 Å². The van der Waals surface area contributed by atoms with Gasteiger partial charge in [0.1, 0.15) is 6.04 Å². The average molecular weight is 557 g/mol. The zero-order valence-electron chi connectivity index (χ0n) is 22.0. The first kappa shape index (κ1) is 28.9. The van der Waals surface area contributed by atoms with Crippen LogP contribution in [0.15, 0.2) is 78.5 Å². The highest BCUT2D eigenvalue weighted by atomic mass is 19.4. The first-order valence-electron chi connectivity index (χ1n) is 12.9. The fourth-order valence-corrected chi connectivity index (χ4v) is 5.06. The Kier molecular flexibility index (Phi) is 8.93. The van der Waals surface area contributed by atoms with Crippen LogP contribution in [-0.2, 0) is 26.9 Å². The van der Waals surface area contributed by atoms with Crippen molar-refractivity contribution in [2.75, 3.05) is 33.4 Å². The molecule has 2 unspecified atom stereocenters. The number of benzene rings is 2. The van der Waals surface area contributed by atoms with Crippen LogP contribution in [0.5, 0.6) is 0 Å². The van der Waals surface area contributed by atoms with Crippen LogP contribution >= 0.6 is 0 Å². The summed E-state index contributed by atoms with van der Waals surface area (Å²) < 4.78 is 46.9. The molecule has 4 amide bonds. The summed E-state index contributed by atoms with van der Waals surface area (Å²) in [6.07, 6.45) is -2.51. The Morgan fingerprint density at radius 3 is 2.55 bits per heavy atom. The second kappa shape index (κ2) is 12.4. The maximum absolute atomic E-state index is 14.0. The van der Waals surface area contributed by atoms with E-state index in [1.54, 1.807) is 7.11 Å². The highest BCUT2D eigenvalue weighted by Gasteiger charge is 2.48. The predicted molar refractivity (Wildman–Crippen MR) is 142 cm³/mol. The number of alkyl halides is 3. The number of carbonyl (C=O) groups is 3. The highest BCUT2D eigenvalue weighted by molar-refractivity contribution is 6.03. The number of methoxy groups -OCH3 is 1. The fraction of sp³-hybridized carbons (Fsp3) is 0.345. The van der Waals surface area contributed by atoms with Gasteiger partial charge in [-0.05, 0) is 23.6 Å². The highest BCUT2D eigenvalue weighted by Crippen LogP contribution is 2.42. The topological polar surface area (TPSA) is 91.0 Å². The summed E-state index contributed by atoms with van der Waals surface area (Å²) in [5.41, 5.74) is -0.141. The second-order valence-corrected chi connectivity index (χ2v) is 9.50. The molecule has 0 spiro atoms. The van der Waals surface area contributed by atoms with E-state index in [1.165, 1.54) is 34.1 Å². The minimum Gasteiger partial charge on any atom is -0.385 e. The molecule has 8 nitrogen and oxygen atoms in total. The number of nitrogens with one attached hydrogen (secondary N) is 2. The molecule has 2 heterocycles. The normalized spacial score (nSPS) is 17.9. The van der Waals surface area contributed by atoms with Gasteiger partial charge in [0.2, 0.25) is 5.91 Å². The Bertz CT molecular complexity index is 1300. The van der Waals surface area contributed by atoms with Gasteiger partial charge in [0.15, 0.2) is 0 Å². The molecule has 0 aliphatic carbocycles.